The fourth-order valence-corrected chi connectivity index (χ4v) is 3.62. The third kappa shape index (κ3) is 5.13. The van der Waals surface area contributed by atoms with E-state index in [-0.39, 0.29) is 0 Å². The lowest BCUT2D eigenvalue weighted by molar-refractivity contribution is 0.157. The van der Waals surface area contributed by atoms with Gasteiger partial charge < -0.3 is 19.9 Å². The first-order valence-electron chi connectivity index (χ1n) is 9.01. The van der Waals surface area contributed by atoms with Crippen LogP contribution in [-0.4, -0.2) is 75.3 Å². The number of nitrogens with one attached hydrogen (secondary N) is 1. The summed E-state index contributed by atoms with van der Waals surface area (Å²) in [4.78, 5) is 9.92. The van der Waals surface area contributed by atoms with Crippen LogP contribution in [0.25, 0.3) is 0 Å². The van der Waals surface area contributed by atoms with E-state index < -0.39 is 0 Å². The Labute approximate surface area is 136 Å². The van der Waals surface area contributed by atoms with Gasteiger partial charge >= 0.3 is 0 Å². The number of rotatable bonds is 7. The summed E-state index contributed by atoms with van der Waals surface area (Å²) in [6, 6.07) is 0. The minimum absolute atomic E-state index is 0.653. The van der Waals surface area contributed by atoms with Crippen molar-refractivity contribution in [2.24, 2.45) is 16.8 Å². The van der Waals surface area contributed by atoms with Crippen LogP contribution < -0.4 is 5.32 Å². The van der Waals surface area contributed by atoms with E-state index in [1.807, 2.05) is 0 Å². The quantitative estimate of drug-likeness (QED) is 0.573. The summed E-state index contributed by atoms with van der Waals surface area (Å²) >= 11 is 0. The fraction of sp³-hybridized carbons (Fsp3) is 0.941. The van der Waals surface area contributed by atoms with Gasteiger partial charge in [0.1, 0.15) is 0 Å². The molecule has 2 saturated heterocycles. The number of ether oxygens (including phenoxy) is 1. The molecule has 0 bridgehead atoms. The average Bonchev–Trinajstić information content (AvgIpc) is 3.14. The number of methoxy groups -OCH3 is 1. The van der Waals surface area contributed by atoms with Crippen molar-refractivity contribution in [3.63, 3.8) is 0 Å². The number of hydrogen-bond donors (Lipinski definition) is 1. The zero-order valence-corrected chi connectivity index (χ0v) is 14.7. The summed E-state index contributed by atoms with van der Waals surface area (Å²) < 4.78 is 5.30. The Morgan fingerprint density at radius 1 is 1.18 bits per heavy atom. The van der Waals surface area contributed by atoms with Crippen LogP contribution >= 0.6 is 0 Å². The van der Waals surface area contributed by atoms with Gasteiger partial charge in [0.2, 0.25) is 0 Å². The maximum absolute atomic E-state index is 5.30. The molecule has 2 atom stereocenters. The van der Waals surface area contributed by atoms with Gasteiger partial charge in [0, 0.05) is 45.8 Å². The first-order valence-corrected chi connectivity index (χ1v) is 9.01. The molecule has 2 aliphatic rings. The summed E-state index contributed by atoms with van der Waals surface area (Å²) in [5.41, 5.74) is 0. The summed E-state index contributed by atoms with van der Waals surface area (Å²) in [5.74, 6) is 2.49. The van der Waals surface area contributed by atoms with E-state index in [2.05, 4.69) is 29.0 Å². The van der Waals surface area contributed by atoms with Gasteiger partial charge in [-0.25, -0.2) is 0 Å². The summed E-state index contributed by atoms with van der Waals surface area (Å²) in [7, 11) is 1.80. The predicted molar refractivity (Wildman–Crippen MR) is 92.4 cm³/mol. The van der Waals surface area contributed by atoms with Crippen LogP contribution in [0.3, 0.4) is 0 Å². The monoisotopic (exact) mass is 310 g/mol. The Morgan fingerprint density at radius 2 is 2.00 bits per heavy atom. The minimum atomic E-state index is 0.653. The van der Waals surface area contributed by atoms with E-state index in [0.29, 0.717) is 5.92 Å². The van der Waals surface area contributed by atoms with Gasteiger partial charge in [0.15, 0.2) is 5.96 Å². The molecule has 2 unspecified atom stereocenters. The Kier molecular flexibility index (Phi) is 7.46. The van der Waals surface area contributed by atoms with Gasteiger partial charge in [0.25, 0.3) is 0 Å². The molecule has 5 heteroatoms. The van der Waals surface area contributed by atoms with E-state index in [1.165, 1.54) is 38.9 Å². The molecule has 0 aromatic rings. The zero-order valence-electron chi connectivity index (χ0n) is 14.7. The Bertz CT molecular complexity index is 348. The SMILES string of the molecule is CCCN1CCC(CN=C(NCC)N2CCC(COC)C2)C1. The molecule has 2 rings (SSSR count). The molecule has 2 aliphatic heterocycles. The van der Waals surface area contributed by atoms with Crippen LogP contribution in [0.5, 0.6) is 0 Å². The maximum atomic E-state index is 5.30. The van der Waals surface area contributed by atoms with E-state index in [9.17, 15) is 0 Å². The second kappa shape index (κ2) is 9.36. The summed E-state index contributed by atoms with van der Waals surface area (Å²) in [6.07, 6.45) is 3.77. The van der Waals surface area contributed by atoms with E-state index in [0.717, 1.165) is 44.7 Å². The molecule has 0 aromatic carbocycles. The van der Waals surface area contributed by atoms with E-state index in [4.69, 9.17) is 9.73 Å². The van der Waals surface area contributed by atoms with Gasteiger partial charge in [-0.1, -0.05) is 6.92 Å². The predicted octanol–water partition coefficient (Wildman–Crippen LogP) is 1.65. The molecule has 0 spiro atoms. The lowest BCUT2D eigenvalue weighted by Crippen LogP contribution is -2.40. The minimum Gasteiger partial charge on any atom is -0.384 e. The van der Waals surface area contributed by atoms with Crippen LogP contribution in [0, 0.1) is 11.8 Å². The van der Waals surface area contributed by atoms with Crippen molar-refractivity contribution in [2.45, 2.75) is 33.1 Å². The van der Waals surface area contributed by atoms with Crippen molar-refractivity contribution in [1.29, 1.82) is 0 Å². The molecule has 0 amide bonds. The van der Waals surface area contributed by atoms with Crippen LogP contribution in [-0.2, 0) is 4.74 Å². The first kappa shape index (κ1) is 17.5. The van der Waals surface area contributed by atoms with Crippen LogP contribution in [0.4, 0.5) is 0 Å². The molecule has 0 radical (unpaired) electrons. The van der Waals surface area contributed by atoms with Crippen LogP contribution in [0.1, 0.15) is 33.1 Å². The number of nitrogens with zero attached hydrogens (tertiary/aromatic N) is 3. The van der Waals surface area contributed by atoms with Gasteiger partial charge in [-0.15, -0.1) is 0 Å². The van der Waals surface area contributed by atoms with Crippen LogP contribution in [0.2, 0.25) is 0 Å². The smallest absolute Gasteiger partial charge is 0.193 e. The van der Waals surface area contributed by atoms with Crippen LogP contribution in [0.15, 0.2) is 4.99 Å². The van der Waals surface area contributed by atoms with Gasteiger partial charge in [-0.3, -0.25) is 4.99 Å². The maximum Gasteiger partial charge on any atom is 0.193 e. The topological polar surface area (TPSA) is 40.1 Å². The zero-order chi connectivity index (χ0) is 15.8. The normalized spacial score (nSPS) is 26.9. The van der Waals surface area contributed by atoms with Crippen molar-refractivity contribution >= 4 is 5.96 Å². The highest BCUT2D eigenvalue weighted by Gasteiger charge is 2.26. The fourth-order valence-electron chi connectivity index (χ4n) is 3.62. The van der Waals surface area contributed by atoms with Crippen molar-refractivity contribution in [3.8, 4) is 0 Å². The molecule has 128 valence electrons. The largest absolute Gasteiger partial charge is 0.384 e. The number of likely N-dealkylation sites (tertiary alicyclic amines) is 2. The third-order valence-corrected chi connectivity index (χ3v) is 4.73. The van der Waals surface area contributed by atoms with Crippen molar-refractivity contribution in [3.05, 3.63) is 0 Å². The van der Waals surface area contributed by atoms with Crippen molar-refractivity contribution in [2.75, 3.05) is 59.5 Å². The average molecular weight is 310 g/mol. The summed E-state index contributed by atoms with van der Waals surface area (Å²) in [6.45, 7) is 13.1. The number of guanidine groups is 1. The molecule has 0 aromatic heterocycles. The molecular formula is C17H34N4O. The second-order valence-electron chi connectivity index (χ2n) is 6.71. The highest BCUT2D eigenvalue weighted by molar-refractivity contribution is 5.80. The van der Waals surface area contributed by atoms with E-state index in [1.54, 1.807) is 7.11 Å². The Balaban J connectivity index is 1.83. The molecule has 5 nitrogen and oxygen atoms in total. The standard InChI is InChI=1S/C17H34N4O/c1-4-8-20-9-6-15(12-20)11-19-17(18-5-2)21-10-7-16(13-21)14-22-3/h15-16H,4-14H2,1-3H3,(H,18,19). The molecule has 1 N–H and O–H groups in total. The molecule has 2 heterocycles. The molecule has 22 heavy (non-hydrogen) atoms. The van der Waals surface area contributed by atoms with Crippen molar-refractivity contribution < 1.29 is 4.74 Å². The van der Waals surface area contributed by atoms with Gasteiger partial charge in [-0.05, 0) is 45.2 Å². The number of hydrogen-bond acceptors (Lipinski definition) is 3. The highest BCUT2D eigenvalue weighted by Crippen LogP contribution is 2.19. The Morgan fingerprint density at radius 3 is 2.73 bits per heavy atom. The number of aliphatic imine (C=N–C) groups is 1. The molecular weight excluding hydrogens is 276 g/mol. The third-order valence-electron chi connectivity index (χ3n) is 4.73. The Hall–Kier alpha value is -0.810. The van der Waals surface area contributed by atoms with Gasteiger partial charge in [-0.2, -0.15) is 0 Å². The molecule has 2 fully saturated rings. The second-order valence-corrected chi connectivity index (χ2v) is 6.71. The van der Waals surface area contributed by atoms with E-state index >= 15 is 0 Å². The highest BCUT2D eigenvalue weighted by atomic mass is 16.5. The van der Waals surface area contributed by atoms with Crippen molar-refractivity contribution in [1.82, 2.24) is 15.1 Å². The lowest BCUT2D eigenvalue weighted by Gasteiger charge is -2.22. The first-order chi connectivity index (χ1) is 10.8. The van der Waals surface area contributed by atoms with Gasteiger partial charge in [0.05, 0.1) is 6.61 Å². The molecule has 0 aliphatic carbocycles. The summed E-state index contributed by atoms with van der Waals surface area (Å²) in [5, 5.41) is 3.47. The molecule has 0 saturated carbocycles. The lowest BCUT2D eigenvalue weighted by atomic mass is 10.1.